The summed E-state index contributed by atoms with van der Waals surface area (Å²) in [7, 11) is 0. The van der Waals surface area contributed by atoms with E-state index in [0.717, 1.165) is 0 Å². The first-order valence-corrected chi connectivity index (χ1v) is 1.41. The standard InChI is InChI=1S/C3H8O.Pr/c1-3(2)4;/h3-4H,1-2H3;. The smallest absolute Gasteiger partial charge is 0.0483 e. The van der Waals surface area contributed by atoms with Crippen molar-refractivity contribution in [2.24, 2.45) is 0 Å². The molecule has 0 amide bonds. The van der Waals surface area contributed by atoms with Crippen LogP contribution in [0.3, 0.4) is 0 Å². The largest absolute Gasteiger partial charge is 0.394 e. The molecule has 0 atom stereocenters. The molecule has 0 aliphatic carbocycles. The molecule has 5 heavy (non-hydrogen) atoms. The van der Waals surface area contributed by atoms with Gasteiger partial charge in [-0.25, -0.2) is 0 Å². The number of aliphatic hydroxyl groups is 1. The first kappa shape index (κ1) is 9.59. The molecule has 0 saturated heterocycles. The minimum absolute atomic E-state index is 0. The summed E-state index contributed by atoms with van der Waals surface area (Å²) in [6, 6.07) is 0. The van der Waals surface area contributed by atoms with Gasteiger partial charge in [0.1, 0.15) is 0 Å². The Kier molecular flexibility index (Phi) is 10.2. The Morgan fingerprint density at radius 2 is 1.40 bits per heavy atom. The van der Waals surface area contributed by atoms with E-state index in [1.54, 1.807) is 13.8 Å². The summed E-state index contributed by atoms with van der Waals surface area (Å²) in [4.78, 5) is 0. The summed E-state index contributed by atoms with van der Waals surface area (Å²) < 4.78 is 0. The Morgan fingerprint density at radius 1 is 1.40 bits per heavy atom. The van der Waals surface area contributed by atoms with E-state index in [1.807, 2.05) is 0 Å². The molecule has 0 aliphatic rings. The van der Waals surface area contributed by atoms with Crippen molar-refractivity contribution in [2.75, 3.05) is 0 Å². The van der Waals surface area contributed by atoms with Crippen molar-refractivity contribution in [3.63, 3.8) is 0 Å². The van der Waals surface area contributed by atoms with Crippen LogP contribution >= 0.6 is 0 Å². The van der Waals surface area contributed by atoms with Gasteiger partial charge in [-0.3, -0.25) is 0 Å². The van der Waals surface area contributed by atoms with Crippen molar-refractivity contribution in [1.29, 1.82) is 0 Å². The van der Waals surface area contributed by atoms with Crippen LogP contribution < -0.4 is 0 Å². The average Bonchev–Trinajstić information content (AvgIpc) is 0.811. The van der Waals surface area contributed by atoms with Crippen molar-refractivity contribution in [3.8, 4) is 0 Å². The van der Waals surface area contributed by atoms with Gasteiger partial charge in [-0.05, 0) is 13.8 Å². The van der Waals surface area contributed by atoms with Gasteiger partial charge >= 0.3 is 0 Å². The number of aliphatic hydroxyl groups excluding tert-OH is 1. The van der Waals surface area contributed by atoms with Gasteiger partial charge in [0.2, 0.25) is 0 Å². The SMILES string of the molecule is CC(C)O.[Pr]. The summed E-state index contributed by atoms with van der Waals surface area (Å²) >= 11 is 0. The third kappa shape index (κ3) is 33.6. The number of hydrogen-bond acceptors (Lipinski definition) is 1. The molecule has 0 spiro atoms. The molecule has 0 aliphatic heterocycles. The first-order valence-electron chi connectivity index (χ1n) is 1.41. The predicted molar refractivity (Wildman–Crippen MR) is 17.4 cm³/mol. The van der Waals surface area contributed by atoms with E-state index in [0.29, 0.717) is 0 Å². The van der Waals surface area contributed by atoms with Gasteiger partial charge in [-0.15, -0.1) is 0 Å². The Balaban J connectivity index is 0. The third-order valence-electron chi connectivity index (χ3n) is 0. The van der Waals surface area contributed by atoms with E-state index in [2.05, 4.69) is 0 Å². The minimum Gasteiger partial charge on any atom is -0.394 e. The van der Waals surface area contributed by atoms with Gasteiger partial charge in [-0.2, -0.15) is 0 Å². The molecule has 0 bridgehead atoms. The molecule has 0 saturated carbocycles. The summed E-state index contributed by atoms with van der Waals surface area (Å²) in [6.07, 6.45) is -0.167. The van der Waals surface area contributed by atoms with E-state index in [4.69, 9.17) is 5.11 Å². The average molecular weight is 201 g/mol. The summed E-state index contributed by atoms with van der Waals surface area (Å²) in [5, 5.41) is 8.06. The summed E-state index contributed by atoms with van der Waals surface area (Å²) in [5.41, 5.74) is 0. The molecular weight excluding hydrogens is 193 g/mol. The van der Waals surface area contributed by atoms with E-state index < -0.39 is 0 Å². The van der Waals surface area contributed by atoms with Crippen molar-refractivity contribution in [1.82, 2.24) is 0 Å². The van der Waals surface area contributed by atoms with Gasteiger partial charge in [0.25, 0.3) is 0 Å². The molecule has 0 aromatic heterocycles. The van der Waals surface area contributed by atoms with E-state index in [-0.39, 0.29) is 47.4 Å². The Morgan fingerprint density at radius 3 is 1.40 bits per heavy atom. The van der Waals surface area contributed by atoms with Crippen LogP contribution in [0.5, 0.6) is 0 Å². The van der Waals surface area contributed by atoms with Crippen molar-refractivity contribution >= 4 is 0 Å². The van der Waals surface area contributed by atoms with Crippen LogP contribution in [0.1, 0.15) is 13.8 Å². The van der Waals surface area contributed by atoms with Crippen LogP contribution in [0.2, 0.25) is 0 Å². The summed E-state index contributed by atoms with van der Waals surface area (Å²) in [5.74, 6) is 0. The van der Waals surface area contributed by atoms with E-state index in [1.165, 1.54) is 0 Å². The normalized spacial score (nSPS) is 7.20. The fraction of sp³-hybridized carbons (Fsp3) is 1.00. The second kappa shape index (κ2) is 5.32. The van der Waals surface area contributed by atoms with Gasteiger partial charge in [0.05, 0.1) is 0 Å². The fourth-order valence-corrected chi connectivity index (χ4v) is 0. The maximum Gasteiger partial charge on any atom is 0.0483 e. The number of hydrogen-bond donors (Lipinski definition) is 1. The maximum absolute atomic E-state index is 8.06. The molecule has 2 heteroatoms. The van der Waals surface area contributed by atoms with Crippen molar-refractivity contribution in [3.05, 3.63) is 0 Å². The monoisotopic (exact) mass is 201 g/mol. The zero-order valence-electron chi connectivity index (χ0n) is 3.60. The van der Waals surface area contributed by atoms with Crippen LogP contribution in [-0.4, -0.2) is 11.2 Å². The molecule has 0 fully saturated rings. The fourth-order valence-electron chi connectivity index (χ4n) is 0. The zero-order chi connectivity index (χ0) is 3.58. The molecule has 0 aromatic carbocycles. The van der Waals surface area contributed by atoms with Gasteiger partial charge < -0.3 is 5.11 Å². The second-order valence-electron chi connectivity index (χ2n) is 1.09. The molecule has 1 N–H and O–H groups in total. The predicted octanol–water partition coefficient (Wildman–Crippen LogP) is 0.387. The topological polar surface area (TPSA) is 20.2 Å². The van der Waals surface area contributed by atoms with Crippen LogP contribution in [-0.2, 0) is 0 Å². The Labute approximate surface area is 65.7 Å². The van der Waals surface area contributed by atoms with Crippen molar-refractivity contribution in [2.45, 2.75) is 20.0 Å². The zero-order valence-corrected chi connectivity index (χ0v) is 7.31. The van der Waals surface area contributed by atoms with Crippen molar-refractivity contribution < 1.29 is 46.4 Å². The van der Waals surface area contributed by atoms with Gasteiger partial charge in [0, 0.05) is 47.4 Å². The molecule has 1 radical (unpaired) electrons. The summed E-state index contributed by atoms with van der Waals surface area (Å²) in [6.45, 7) is 3.44. The second-order valence-corrected chi connectivity index (χ2v) is 1.09. The Hall–Kier alpha value is 1.32. The van der Waals surface area contributed by atoms with Gasteiger partial charge in [0.15, 0.2) is 0 Å². The molecular formula is C3H8OPr. The Bertz CT molecular complexity index is 11.6. The van der Waals surface area contributed by atoms with Crippen LogP contribution in [0.25, 0.3) is 0 Å². The van der Waals surface area contributed by atoms with Gasteiger partial charge in [-0.1, -0.05) is 0 Å². The molecule has 0 aromatic rings. The van der Waals surface area contributed by atoms with Crippen LogP contribution in [0.15, 0.2) is 0 Å². The first-order chi connectivity index (χ1) is 1.73. The quantitative estimate of drug-likeness (QED) is 0.600. The molecule has 0 heterocycles. The molecule has 1 nitrogen and oxygen atoms in total. The van der Waals surface area contributed by atoms with E-state index >= 15 is 0 Å². The minimum atomic E-state index is -0.167. The van der Waals surface area contributed by atoms with Crippen LogP contribution in [0.4, 0.5) is 0 Å². The van der Waals surface area contributed by atoms with E-state index in [9.17, 15) is 0 Å². The molecule has 0 rings (SSSR count). The van der Waals surface area contributed by atoms with Crippen LogP contribution in [0, 0.1) is 41.3 Å². The molecule has 29 valence electrons. The maximum atomic E-state index is 8.06. The molecule has 0 unspecified atom stereocenters. The number of rotatable bonds is 0. The third-order valence-corrected chi connectivity index (χ3v) is 0.